The van der Waals surface area contributed by atoms with Gasteiger partial charge in [-0.15, -0.1) is 0 Å². The molecule has 0 amide bonds. The molecule has 0 bridgehead atoms. The van der Waals surface area contributed by atoms with Crippen LogP contribution in [0.1, 0.15) is 32.1 Å². The molecule has 2 unspecified atom stereocenters. The highest BCUT2D eigenvalue weighted by atomic mass is 32.2. The molecule has 0 aromatic heterocycles. The van der Waals surface area contributed by atoms with Crippen molar-refractivity contribution in [2.45, 2.75) is 42.6 Å². The summed E-state index contributed by atoms with van der Waals surface area (Å²) in [5.41, 5.74) is 0. The van der Waals surface area contributed by atoms with Crippen LogP contribution in [-0.2, 0) is 4.79 Å². The van der Waals surface area contributed by atoms with E-state index in [4.69, 9.17) is 5.11 Å². The predicted molar refractivity (Wildman–Crippen MR) is 49.4 cm³/mol. The Morgan fingerprint density at radius 2 is 2.00 bits per heavy atom. The van der Waals surface area contributed by atoms with Gasteiger partial charge in [0.2, 0.25) is 0 Å². The van der Waals surface area contributed by atoms with Crippen molar-refractivity contribution in [1.29, 1.82) is 0 Å². The average Bonchev–Trinajstić information content (AvgIpc) is 2.57. The summed E-state index contributed by atoms with van der Waals surface area (Å²) in [6.07, 6.45) is 6.24. The van der Waals surface area contributed by atoms with Gasteiger partial charge in [0, 0.05) is 10.5 Å². The third-order valence-electron chi connectivity index (χ3n) is 2.72. The fraction of sp³-hybridized carbons (Fsp3) is 0.889. The van der Waals surface area contributed by atoms with Crippen molar-refractivity contribution in [2.75, 3.05) is 0 Å². The van der Waals surface area contributed by atoms with Crippen LogP contribution in [0.15, 0.2) is 0 Å². The number of carboxylic acid groups (broad SMARTS) is 1. The van der Waals surface area contributed by atoms with Gasteiger partial charge in [-0.05, 0) is 19.3 Å². The largest absolute Gasteiger partial charge is 0.481 e. The highest BCUT2D eigenvalue weighted by Gasteiger charge is 2.44. The smallest absolute Gasteiger partial charge is 0.307 e. The van der Waals surface area contributed by atoms with Crippen LogP contribution in [0.2, 0.25) is 0 Å². The Kier molecular flexibility index (Phi) is 2.31. The van der Waals surface area contributed by atoms with E-state index in [0.717, 1.165) is 11.7 Å². The molecule has 0 aromatic rings. The monoisotopic (exact) mass is 186 g/mol. The number of aliphatic carboxylic acids is 1. The first-order valence-corrected chi connectivity index (χ1v) is 5.60. The Hall–Kier alpha value is -0.180. The third kappa shape index (κ3) is 1.76. The fourth-order valence-electron chi connectivity index (χ4n) is 1.85. The molecule has 2 fully saturated rings. The molecule has 0 saturated heterocycles. The molecule has 1 N–H and O–H groups in total. The van der Waals surface area contributed by atoms with Gasteiger partial charge in [-0.25, -0.2) is 0 Å². The number of hydrogen-bond donors (Lipinski definition) is 1. The summed E-state index contributed by atoms with van der Waals surface area (Å²) >= 11 is 1.93. The lowest BCUT2D eigenvalue weighted by Crippen LogP contribution is -2.03. The Balaban J connectivity index is 1.72. The summed E-state index contributed by atoms with van der Waals surface area (Å²) in [4.78, 5) is 10.5. The first-order valence-electron chi connectivity index (χ1n) is 4.65. The van der Waals surface area contributed by atoms with Crippen molar-refractivity contribution < 1.29 is 9.90 Å². The SMILES string of the molecule is O=C(O)C1CC1SC1CCCC1. The van der Waals surface area contributed by atoms with E-state index in [-0.39, 0.29) is 5.92 Å². The molecular weight excluding hydrogens is 172 g/mol. The summed E-state index contributed by atoms with van der Waals surface area (Å²) in [7, 11) is 0. The molecule has 0 aromatic carbocycles. The van der Waals surface area contributed by atoms with Gasteiger partial charge < -0.3 is 5.11 Å². The summed E-state index contributed by atoms with van der Waals surface area (Å²) in [5, 5.41) is 9.91. The summed E-state index contributed by atoms with van der Waals surface area (Å²) < 4.78 is 0. The van der Waals surface area contributed by atoms with Crippen LogP contribution in [0.5, 0.6) is 0 Å². The molecule has 2 saturated carbocycles. The minimum absolute atomic E-state index is 0.0180. The van der Waals surface area contributed by atoms with E-state index in [0.29, 0.717) is 5.25 Å². The zero-order valence-electron chi connectivity index (χ0n) is 7.03. The van der Waals surface area contributed by atoms with Gasteiger partial charge in [0.15, 0.2) is 0 Å². The normalized spacial score (nSPS) is 35.3. The zero-order valence-corrected chi connectivity index (χ0v) is 7.85. The van der Waals surface area contributed by atoms with Crippen molar-refractivity contribution in [3.05, 3.63) is 0 Å². The molecule has 3 heteroatoms. The summed E-state index contributed by atoms with van der Waals surface area (Å²) in [5.74, 6) is -0.610. The molecule has 2 atom stereocenters. The quantitative estimate of drug-likeness (QED) is 0.733. The number of rotatable bonds is 3. The van der Waals surface area contributed by atoms with E-state index in [1.165, 1.54) is 25.7 Å². The summed E-state index contributed by atoms with van der Waals surface area (Å²) in [6, 6.07) is 0. The minimum atomic E-state index is -0.592. The Labute approximate surface area is 76.7 Å². The van der Waals surface area contributed by atoms with Gasteiger partial charge in [0.25, 0.3) is 0 Å². The minimum Gasteiger partial charge on any atom is -0.481 e. The predicted octanol–water partition coefficient (Wildman–Crippen LogP) is 2.14. The van der Waals surface area contributed by atoms with Crippen molar-refractivity contribution >= 4 is 17.7 Å². The van der Waals surface area contributed by atoms with Crippen LogP contribution in [0.4, 0.5) is 0 Å². The summed E-state index contributed by atoms with van der Waals surface area (Å²) in [6.45, 7) is 0. The van der Waals surface area contributed by atoms with E-state index >= 15 is 0 Å². The van der Waals surface area contributed by atoms with Crippen LogP contribution in [-0.4, -0.2) is 21.6 Å². The highest BCUT2D eigenvalue weighted by molar-refractivity contribution is 8.00. The van der Waals surface area contributed by atoms with Gasteiger partial charge in [-0.3, -0.25) is 4.79 Å². The average molecular weight is 186 g/mol. The number of carbonyl (C=O) groups is 1. The molecule has 0 heterocycles. The van der Waals surface area contributed by atoms with E-state index in [9.17, 15) is 4.79 Å². The standard InChI is InChI=1S/C9H14O2S/c10-9(11)7-5-8(7)12-6-3-1-2-4-6/h6-8H,1-5H2,(H,10,11). The number of hydrogen-bond acceptors (Lipinski definition) is 2. The molecule has 0 spiro atoms. The topological polar surface area (TPSA) is 37.3 Å². The van der Waals surface area contributed by atoms with Crippen LogP contribution in [0.25, 0.3) is 0 Å². The van der Waals surface area contributed by atoms with Crippen molar-refractivity contribution in [3.63, 3.8) is 0 Å². The van der Waals surface area contributed by atoms with Crippen molar-refractivity contribution in [1.82, 2.24) is 0 Å². The zero-order chi connectivity index (χ0) is 8.55. The Morgan fingerprint density at radius 1 is 1.33 bits per heavy atom. The molecule has 0 radical (unpaired) electrons. The van der Waals surface area contributed by atoms with Gasteiger partial charge in [-0.2, -0.15) is 11.8 Å². The Morgan fingerprint density at radius 3 is 2.50 bits per heavy atom. The molecular formula is C9H14O2S. The lowest BCUT2D eigenvalue weighted by Gasteiger charge is -2.06. The molecule has 0 aliphatic heterocycles. The molecule has 12 heavy (non-hydrogen) atoms. The maximum Gasteiger partial charge on any atom is 0.307 e. The van der Waals surface area contributed by atoms with E-state index in [2.05, 4.69) is 0 Å². The van der Waals surface area contributed by atoms with Crippen molar-refractivity contribution in [2.24, 2.45) is 5.92 Å². The second-order valence-electron chi connectivity index (χ2n) is 3.76. The fourth-order valence-corrected chi connectivity index (χ4v) is 3.58. The van der Waals surface area contributed by atoms with Gasteiger partial charge >= 0.3 is 5.97 Å². The van der Waals surface area contributed by atoms with Gasteiger partial charge in [-0.1, -0.05) is 12.8 Å². The maximum atomic E-state index is 10.5. The van der Waals surface area contributed by atoms with Crippen LogP contribution in [0, 0.1) is 5.92 Å². The van der Waals surface area contributed by atoms with Crippen LogP contribution >= 0.6 is 11.8 Å². The maximum absolute atomic E-state index is 10.5. The highest BCUT2D eigenvalue weighted by Crippen LogP contribution is 2.46. The van der Waals surface area contributed by atoms with Crippen molar-refractivity contribution in [3.8, 4) is 0 Å². The van der Waals surface area contributed by atoms with Crippen LogP contribution < -0.4 is 0 Å². The third-order valence-corrected chi connectivity index (χ3v) is 4.45. The second kappa shape index (κ2) is 3.29. The lowest BCUT2D eigenvalue weighted by molar-refractivity contribution is -0.138. The number of carboxylic acids is 1. The first kappa shape index (κ1) is 8.42. The molecule has 2 aliphatic carbocycles. The van der Waals surface area contributed by atoms with E-state index in [1.54, 1.807) is 0 Å². The lowest BCUT2D eigenvalue weighted by atomic mass is 10.4. The Bertz CT molecular complexity index is 187. The molecule has 2 nitrogen and oxygen atoms in total. The van der Waals surface area contributed by atoms with E-state index < -0.39 is 5.97 Å². The van der Waals surface area contributed by atoms with Gasteiger partial charge in [0.05, 0.1) is 5.92 Å². The molecule has 2 rings (SSSR count). The molecule has 68 valence electrons. The van der Waals surface area contributed by atoms with Gasteiger partial charge in [0.1, 0.15) is 0 Å². The van der Waals surface area contributed by atoms with Crippen LogP contribution in [0.3, 0.4) is 0 Å². The second-order valence-corrected chi connectivity index (χ2v) is 5.31. The molecule has 2 aliphatic rings. The number of thioether (sulfide) groups is 1. The van der Waals surface area contributed by atoms with E-state index in [1.807, 2.05) is 11.8 Å². The first-order chi connectivity index (χ1) is 5.77.